The molecule has 4 atom stereocenters. The smallest absolute Gasteiger partial charge is 0.407 e. The molecule has 0 aliphatic carbocycles. The van der Waals surface area contributed by atoms with E-state index >= 15 is 0 Å². The van der Waals surface area contributed by atoms with E-state index in [1.165, 1.54) is 14.2 Å². The maximum Gasteiger partial charge on any atom is 0.407 e. The minimum Gasteiger partial charge on any atom is -0.472 e. The molecule has 1 unspecified atom stereocenters. The molecule has 7 aromatic rings. The van der Waals surface area contributed by atoms with Crippen LogP contribution in [0.5, 0.6) is 5.75 Å². The summed E-state index contributed by atoms with van der Waals surface area (Å²) in [4.78, 5) is 72.7. The second-order valence-corrected chi connectivity index (χ2v) is 16.4. The van der Waals surface area contributed by atoms with Gasteiger partial charge in [-0.2, -0.15) is 0 Å². The van der Waals surface area contributed by atoms with Gasteiger partial charge in [-0.05, 0) is 67.1 Å². The Balaban J connectivity index is 0.860. The number of nitrogens with zero attached hydrogens (tertiary/aromatic N) is 5. The lowest BCUT2D eigenvalue weighted by Crippen LogP contribution is -2.42. The largest absolute Gasteiger partial charge is 0.472 e. The molecule has 0 bridgehead atoms. The van der Waals surface area contributed by atoms with Gasteiger partial charge in [-0.3, -0.25) is 9.59 Å². The second-order valence-electron chi connectivity index (χ2n) is 16.4. The number of benzene rings is 4. The number of imidazole rings is 2. The summed E-state index contributed by atoms with van der Waals surface area (Å²) >= 11 is 0. The average Bonchev–Trinajstić information content (AvgIpc) is 4.21. The zero-order valence-corrected chi connectivity index (χ0v) is 35.8. The Morgan fingerprint density at radius 2 is 1.20 bits per heavy atom. The lowest BCUT2D eigenvalue weighted by atomic mass is 10.0. The number of nitrogens with one attached hydrogen (secondary N) is 4. The van der Waals surface area contributed by atoms with E-state index in [2.05, 4.69) is 55.5 Å². The molecule has 330 valence electrons. The van der Waals surface area contributed by atoms with Crippen molar-refractivity contribution in [1.29, 1.82) is 0 Å². The molecule has 16 nitrogen and oxygen atoms in total. The second kappa shape index (κ2) is 17.4. The van der Waals surface area contributed by atoms with Crippen LogP contribution in [0.2, 0.25) is 0 Å². The fourth-order valence-electron chi connectivity index (χ4n) is 9.44. The van der Waals surface area contributed by atoms with Crippen LogP contribution in [0.15, 0.2) is 116 Å². The van der Waals surface area contributed by atoms with Gasteiger partial charge in [0, 0.05) is 35.2 Å². The molecule has 16 heteroatoms. The minimum atomic E-state index is -0.900. The number of ether oxygens (including phenoxy) is 3. The first-order valence-electron chi connectivity index (χ1n) is 21.7. The van der Waals surface area contributed by atoms with E-state index in [-0.39, 0.29) is 23.9 Å². The molecular formula is C49H47N9O7. The number of alkyl carbamates (subject to hydrolysis) is 2. The number of hydrogen-bond acceptors (Lipinski definition) is 9. The number of carbonyl (C=O) groups is 4. The normalized spacial score (nSPS) is 17.4. The summed E-state index contributed by atoms with van der Waals surface area (Å²) in [5.41, 5.74) is 7.84. The zero-order valence-electron chi connectivity index (χ0n) is 35.8. The molecule has 0 spiro atoms. The monoisotopic (exact) mass is 873 g/mol. The number of hydrogen-bond donors (Lipinski definition) is 4. The number of H-pyrrole nitrogens is 2. The summed E-state index contributed by atoms with van der Waals surface area (Å²) in [6, 6.07) is 30.5. The standard InChI is InChI=1S/C49H47N9O7/c1-63-48(61)54-42(29-11-5-3-6-12-29)46(59)56-21-9-15-38(56)44-50-26-35(52-44)31-18-20-37-33(23-31)24-40-34-19-17-32(25-41(34)65-28-58(37)40)36-27-51-45(53-36)39-16-10-22-57(39)47(60)43(55-49(62)64-2)30-13-7-4-8-14-30/h3-8,11-14,17-20,23-27,38-39,42-43H,9-10,15-16,21-22,28H2,1-2H3,(H,50,52)(H,51,53)(H,54,61)(H,55,62)/t38-,39-,42?,43+/m0/s1. The van der Waals surface area contributed by atoms with Crippen molar-refractivity contribution < 1.29 is 33.4 Å². The molecule has 4 aromatic carbocycles. The number of aromatic nitrogens is 5. The quantitative estimate of drug-likeness (QED) is 0.106. The molecule has 2 saturated heterocycles. The maximum absolute atomic E-state index is 14.0. The number of carbonyl (C=O) groups excluding carboxylic acids is 4. The van der Waals surface area contributed by atoms with Gasteiger partial charge < -0.3 is 49.2 Å². The van der Waals surface area contributed by atoms with Crippen molar-refractivity contribution in [3.05, 3.63) is 138 Å². The number of fused-ring (bicyclic) bond motifs is 5. The van der Waals surface area contributed by atoms with Crippen LogP contribution in [-0.2, 0) is 25.8 Å². The van der Waals surface area contributed by atoms with E-state index in [4.69, 9.17) is 24.2 Å². The van der Waals surface area contributed by atoms with Gasteiger partial charge in [0.25, 0.3) is 11.8 Å². The molecule has 3 aliphatic rings. The van der Waals surface area contributed by atoms with Crippen molar-refractivity contribution in [3.8, 4) is 39.5 Å². The molecule has 0 saturated carbocycles. The topological polar surface area (TPSA) is 189 Å². The summed E-state index contributed by atoms with van der Waals surface area (Å²) in [6.45, 7) is 1.41. The lowest BCUT2D eigenvalue weighted by Gasteiger charge is -2.28. The first-order chi connectivity index (χ1) is 31.8. The van der Waals surface area contributed by atoms with Gasteiger partial charge in [-0.15, -0.1) is 0 Å². The summed E-state index contributed by atoms with van der Waals surface area (Å²) < 4.78 is 18.2. The summed E-state index contributed by atoms with van der Waals surface area (Å²) in [7, 11) is 2.56. The number of likely N-dealkylation sites (tertiary alicyclic amines) is 2. The molecule has 2 fully saturated rings. The van der Waals surface area contributed by atoms with Gasteiger partial charge in [-0.1, -0.05) is 72.8 Å². The molecule has 4 amide bonds. The molecule has 4 N–H and O–H groups in total. The predicted octanol–water partition coefficient (Wildman–Crippen LogP) is 7.96. The Morgan fingerprint density at radius 1 is 0.677 bits per heavy atom. The molecule has 10 rings (SSSR count). The fraction of sp³-hybridized carbons (Fsp3) is 0.265. The molecule has 3 aromatic heterocycles. The summed E-state index contributed by atoms with van der Waals surface area (Å²) in [5, 5.41) is 6.48. The van der Waals surface area contributed by atoms with Gasteiger partial charge in [0.05, 0.1) is 61.3 Å². The first-order valence-corrected chi connectivity index (χ1v) is 21.7. The predicted molar refractivity (Wildman–Crippen MR) is 240 cm³/mol. The summed E-state index contributed by atoms with van der Waals surface area (Å²) in [5.74, 6) is 1.66. The maximum atomic E-state index is 14.0. The highest BCUT2D eigenvalue weighted by molar-refractivity contribution is 5.92. The number of amides is 4. The van der Waals surface area contributed by atoms with E-state index < -0.39 is 24.3 Å². The van der Waals surface area contributed by atoms with Crippen molar-refractivity contribution >= 4 is 34.9 Å². The number of aromatic amines is 2. The molecule has 65 heavy (non-hydrogen) atoms. The van der Waals surface area contributed by atoms with Crippen molar-refractivity contribution in [2.24, 2.45) is 0 Å². The van der Waals surface area contributed by atoms with Gasteiger partial charge >= 0.3 is 12.2 Å². The Hall–Kier alpha value is -7.88. The number of rotatable bonds is 10. The van der Waals surface area contributed by atoms with Crippen LogP contribution < -0.4 is 15.4 Å². The molecular weight excluding hydrogens is 827 g/mol. The van der Waals surface area contributed by atoms with E-state index in [1.54, 1.807) is 16.0 Å². The Labute approximate surface area is 373 Å². The minimum absolute atomic E-state index is 0.221. The van der Waals surface area contributed by atoms with Crippen molar-refractivity contribution in [1.82, 2.24) is 44.9 Å². The Morgan fingerprint density at radius 3 is 1.74 bits per heavy atom. The van der Waals surface area contributed by atoms with Crippen molar-refractivity contribution in [3.63, 3.8) is 0 Å². The molecule has 3 aliphatic heterocycles. The van der Waals surface area contributed by atoms with Crippen LogP contribution in [0.3, 0.4) is 0 Å². The van der Waals surface area contributed by atoms with Gasteiger partial charge in [0.15, 0.2) is 6.73 Å². The van der Waals surface area contributed by atoms with E-state index in [1.807, 2.05) is 79.0 Å². The fourth-order valence-corrected chi connectivity index (χ4v) is 9.44. The van der Waals surface area contributed by atoms with Gasteiger partial charge in [-0.25, -0.2) is 19.6 Å². The van der Waals surface area contributed by atoms with E-state index in [0.29, 0.717) is 42.6 Å². The van der Waals surface area contributed by atoms with Crippen LogP contribution in [0, 0.1) is 0 Å². The third-order valence-corrected chi connectivity index (χ3v) is 12.7. The Kier molecular flexibility index (Phi) is 11.0. The van der Waals surface area contributed by atoms with E-state index in [9.17, 15) is 19.2 Å². The van der Waals surface area contributed by atoms with Crippen LogP contribution in [0.4, 0.5) is 9.59 Å². The average molecular weight is 874 g/mol. The third-order valence-electron chi connectivity index (χ3n) is 12.7. The summed E-state index contributed by atoms with van der Waals surface area (Å²) in [6.07, 6.45) is 5.30. The SMILES string of the molecule is COC(=O)NC(C(=O)N1CCC[C@H]1c1ncc(-c2ccc3c(c2)cc2n3COc3cc(-c4cnc([C@@H]5CCCN5C(=O)[C@H](NC(=O)OC)c5ccccc5)[nH]4)ccc3-2)[nH]1)c1ccccc1. The molecule has 0 radical (unpaired) electrons. The van der Waals surface area contributed by atoms with Crippen LogP contribution in [-0.4, -0.2) is 85.6 Å². The van der Waals surface area contributed by atoms with Crippen LogP contribution in [0.25, 0.3) is 44.7 Å². The molecule has 6 heterocycles. The zero-order chi connectivity index (χ0) is 44.6. The number of methoxy groups -OCH3 is 2. The van der Waals surface area contributed by atoms with E-state index in [0.717, 1.165) is 76.1 Å². The highest BCUT2D eigenvalue weighted by Gasteiger charge is 2.39. The first kappa shape index (κ1) is 41.1. The van der Waals surface area contributed by atoms with Crippen molar-refractivity contribution in [2.45, 2.75) is 56.6 Å². The lowest BCUT2D eigenvalue weighted by molar-refractivity contribution is -0.135. The van der Waals surface area contributed by atoms with Gasteiger partial charge in [0.2, 0.25) is 0 Å². The Bertz CT molecular complexity index is 2910. The highest BCUT2D eigenvalue weighted by Crippen LogP contribution is 2.42. The van der Waals surface area contributed by atoms with Gasteiger partial charge in [0.1, 0.15) is 29.5 Å². The highest BCUT2D eigenvalue weighted by atomic mass is 16.5. The van der Waals surface area contributed by atoms with Crippen LogP contribution in [0.1, 0.15) is 72.6 Å². The third kappa shape index (κ3) is 7.81. The van der Waals surface area contributed by atoms with Crippen molar-refractivity contribution in [2.75, 3.05) is 27.3 Å². The van der Waals surface area contributed by atoms with Crippen LogP contribution >= 0.6 is 0 Å².